The number of aliphatic hydroxyl groups excluding tert-OH is 1. The maximum atomic E-state index is 12.7. The van der Waals surface area contributed by atoms with Gasteiger partial charge in [0.2, 0.25) is 5.88 Å². The fourth-order valence-corrected chi connectivity index (χ4v) is 3.91. The Balaban J connectivity index is 1.49. The molecule has 3 heterocycles. The summed E-state index contributed by atoms with van der Waals surface area (Å²) in [6.07, 6.45) is -1.08. The number of hydrogen-bond donors (Lipinski definition) is 4. The topological polar surface area (TPSA) is 172 Å². The number of aromatic nitrogens is 5. The van der Waals surface area contributed by atoms with Gasteiger partial charge in [0.1, 0.15) is 24.2 Å². The lowest BCUT2D eigenvalue weighted by Gasteiger charge is -2.14. The predicted octanol–water partition coefficient (Wildman–Crippen LogP) is 2.47. The second-order valence-corrected chi connectivity index (χ2v) is 8.22. The van der Waals surface area contributed by atoms with E-state index in [9.17, 15) is 19.8 Å². The van der Waals surface area contributed by atoms with Crippen molar-refractivity contribution in [3.05, 3.63) is 69.4 Å². The summed E-state index contributed by atoms with van der Waals surface area (Å²) in [5, 5.41) is 30.0. The van der Waals surface area contributed by atoms with Gasteiger partial charge in [0.25, 0.3) is 11.5 Å². The van der Waals surface area contributed by atoms with Crippen LogP contribution in [0.15, 0.2) is 68.3 Å². The molecule has 3 aromatic heterocycles. The third-order valence-corrected chi connectivity index (χ3v) is 5.78. The second-order valence-electron chi connectivity index (χ2n) is 8.22. The number of rotatable bonds is 8. The van der Waals surface area contributed by atoms with E-state index >= 15 is 0 Å². The SMILES string of the molecule is COc1ccc(OC[C@H](O)Cn2c(N=Nc3c(O)[nH]c4ccccc34)nc3c2c(=O)[nH]c(=O)n3C)cc1. The van der Waals surface area contributed by atoms with Crippen molar-refractivity contribution in [3.8, 4) is 17.4 Å². The molecule has 1 atom stereocenters. The van der Waals surface area contributed by atoms with E-state index in [1.54, 1.807) is 55.6 Å². The number of H-pyrrole nitrogens is 2. The molecular formula is C24H23N7O6. The minimum absolute atomic E-state index is 0.0303. The van der Waals surface area contributed by atoms with Gasteiger partial charge in [-0.15, -0.1) is 10.2 Å². The highest BCUT2D eigenvalue weighted by Crippen LogP contribution is 2.36. The molecule has 0 aliphatic carbocycles. The van der Waals surface area contributed by atoms with Crippen LogP contribution < -0.4 is 20.7 Å². The Labute approximate surface area is 208 Å². The van der Waals surface area contributed by atoms with Crippen LogP contribution in [0.4, 0.5) is 11.6 Å². The average Bonchev–Trinajstić information content (AvgIpc) is 3.42. The molecule has 190 valence electrons. The third-order valence-electron chi connectivity index (χ3n) is 5.78. The molecule has 13 heteroatoms. The van der Waals surface area contributed by atoms with Crippen LogP contribution in [0.3, 0.4) is 0 Å². The van der Waals surface area contributed by atoms with Crippen molar-refractivity contribution >= 4 is 33.7 Å². The quantitative estimate of drug-likeness (QED) is 0.235. The molecule has 0 radical (unpaired) electrons. The van der Waals surface area contributed by atoms with Crippen LogP contribution in [0.5, 0.6) is 17.4 Å². The van der Waals surface area contributed by atoms with Crippen molar-refractivity contribution in [2.24, 2.45) is 17.3 Å². The molecule has 5 rings (SSSR count). The van der Waals surface area contributed by atoms with Crippen LogP contribution in [0, 0.1) is 0 Å². The molecular weight excluding hydrogens is 482 g/mol. The van der Waals surface area contributed by atoms with Gasteiger partial charge in [0.05, 0.1) is 19.2 Å². The Morgan fingerprint density at radius 2 is 1.78 bits per heavy atom. The van der Waals surface area contributed by atoms with Gasteiger partial charge in [-0.2, -0.15) is 4.98 Å². The summed E-state index contributed by atoms with van der Waals surface area (Å²) in [4.78, 5) is 34.2. The first-order valence-electron chi connectivity index (χ1n) is 11.2. The van der Waals surface area contributed by atoms with Gasteiger partial charge in [-0.05, 0) is 30.3 Å². The number of imidazole rings is 1. The van der Waals surface area contributed by atoms with E-state index in [2.05, 4.69) is 25.2 Å². The van der Waals surface area contributed by atoms with E-state index in [-0.39, 0.29) is 41.8 Å². The Kier molecular flexibility index (Phi) is 6.19. The maximum Gasteiger partial charge on any atom is 0.329 e. The summed E-state index contributed by atoms with van der Waals surface area (Å²) >= 11 is 0. The molecule has 0 bridgehead atoms. The van der Waals surface area contributed by atoms with Crippen LogP contribution in [0.25, 0.3) is 22.1 Å². The number of fused-ring (bicyclic) bond motifs is 2. The van der Waals surface area contributed by atoms with E-state index in [0.717, 1.165) is 4.57 Å². The Morgan fingerprint density at radius 1 is 1.05 bits per heavy atom. The molecule has 0 saturated carbocycles. The van der Waals surface area contributed by atoms with Crippen LogP contribution >= 0.6 is 0 Å². The largest absolute Gasteiger partial charge is 0.497 e. The van der Waals surface area contributed by atoms with E-state index in [1.165, 1.54) is 11.6 Å². The lowest BCUT2D eigenvalue weighted by atomic mass is 10.2. The minimum atomic E-state index is -1.08. The van der Waals surface area contributed by atoms with E-state index in [4.69, 9.17) is 9.47 Å². The van der Waals surface area contributed by atoms with E-state index < -0.39 is 17.4 Å². The van der Waals surface area contributed by atoms with E-state index in [1.807, 2.05) is 0 Å². The number of aromatic hydroxyl groups is 1. The number of nitrogens with zero attached hydrogens (tertiary/aromatic N) is 5. The van der Waals surface area contributed by atoms with Gasteiger partial charge < -0.3 is 24.7 Å². The van der Waals surface area contributed by atoms with Crippen molar-refractivity contribution in [1.82, 2.24) is 24.1 Å². The molecule has 0 amide bonds. The lowest BCUT2D eigenvalue weighted by molar-refractivity contribution is 0.0937. The molecule has 0 aliphatic heterocycles. The maximum absolute atomic E-state index is 12.7. The number of para-hydroxylation sites is 1. The molecule has 0 spiro atoms. The normalized spacial score (nSPS) is 12.5. The van der Waals surface area contributed by atoms with Crippen molar-refractivity contribution in [2.45, 2.75) is 12.6 Å². The fourth-order valence-electron chi connectivity index (χ4n) is 3.91. The van der Waals surface area contributed by atoms with Crippen LogP contribution in [-0.2, 0) is 13.6 Å². The fraction of sp³-hybridized carbons (Fsp3) is 0.208. The number of aliphatic hydroxyl groups is 1. The van der Waals surface area contributed by atoms with Gasteiger partial charge >= 0.3 is 5.69 Å². The number of aryl methyl sites for hydroxylation is 1. The first-order valence-corrected chi connectivity index (χ1v) is 11.2. The molecule has 0 unspecified atom stereocenters. The van der Waals surface area contributed by atoms with Crippen molar-refractivity contribution < 1.29 is 19.7 Å². The standard InChI is InChI=1S/C24H23N7O6/c1-30-20-19(22(34)27-24(30)35)31(11-13(32)12-37-15-9-7-14(36-2)8-10-15)23(26-20)29-28-18-16-5-3-4-6-17(16)25-21(18)33/h3-10,13,25,32-33H,11-12H2,1-2H3,(H,27,34,35)/t13-/m1/s1. The van der Waals surface area contributed by atoms with Crippen LogP contribution in [-0.4, -0.2) is 54.1 Å². The minimum Gasteiger partial charge on any atom is -0.497 e. The third kappa shape index (κ3) is 4.54. The summed E-state index contributed by atoms with van der Waals surface area (Å²) in [6, 6.07) is 14.0. The van der Waals surface area contributed by atoms with Crippen LogP contribution in [0.1, 0.15) is 0 Å². The highest BCUT2D eigenvalue weighted by molar-refractivity contribution is 5.94. The van der Waals surface area contributed by atoms with Gasteiger partial charge in [-0.1, -0.05) is 18.2 Å². The number of azo groups is 1. The van der Waals surface area contributed by atoms with Crippen LogP contribution in [0.2, 0.25) is 0 Å². The van der Waals surface area contributed by atoms with Gasteiger partial charge in [0, 0.05) is 12.4 Å². The lowest BCUT2D eigenvalue weighted by Crippen LogP contribution is -2.30. The molecule has 4 N–H and O–H groups in total. The molecule has 37 heavy (non-hydrogen) atoms. The molecule has 0 aliphatic rings. The molecule has 2 aromatic carbocycles. The van der Waals surface area contributed by atoms with Gasteiger partial charge in [0.15, 0.2) is 16.9 Å². The predicted molar refractivity (Wildman–Crippen MR) is 134 cm³/mol. The van der Waals surface area contributed by atoms with Gasteiger partial charge in [-0.25, -0.2) is 4.79 Å². The van der Waals surface area contributed by atoms with Crippen molar-refractivity contribution in [2.75, 3.05) is 13.7 Å². The number of benzene rings is 2. The van der Waals surface area contributed by atoms with Crippen molar-refractivity contribution in [3.63, 3.8) is 0 Å². The van der Waals surface area contributed by atoms with Crippen molar-refractivity contribution in [1.29, 1.82) is 0 Å². The summed E-state index contributed by atoms with van der Waals surface area (Å²) < 4.78 is 13.3. The number of aromatic amines is 2. The molecule has 0 saturated heterocycles. The summed E-state index contributed by atoms with van der Waals surface area (Å²) in [5.41, 5.74) is -0.404. The van der Waals surface area contributed by atoms with Gasteiger partial charge in [-0.3, -0.25) is 18.9 Å². The Bertz CT molecular complexity index is 1730. The zero-order chi connectivity index (χ0) is 26.1. The van der Waals surface area contributed by atoms with E-state index in [0.29, 0.717) is 22.4 Å². The number of ether oxygens (including phenoxy) is 2. The Hall–Kier alpha value is -4.91. The zero-order valence-electron chi connectivity index (χ0n) is 19.9. The molecule has 5 aromatic rings. The average molecular weight is 505 g/mol. The highest BCUT2D eigenvalue weighted by Gasteiger charge is 2.20. The monoisotopic (exact) mass is 505 g/mol. The number of hydrogen-bond acceptors (Lipinski definition) is 9. The first-order chi connectivity index (χ1) is 17.9. The molecule has 0 fully saturated rings. The smallest absolute Gasteiger partial charge is 0.329 e. The highest BCUT2D eigenvalue weighted by atomic mass is 16.5. The first kappa shape index (κ1) is 23.8. The second kappa shape index (κ2) is 9.62. The Morgan fingerprint density at radius 3 is 2.54 bits per heavy atom. The number of nitrogens with one attached hydrogen (secondary N) is 2. The number of methoxy groups -OCH3 is 1. The molecule has 13 nitrogen and oxygen atoms in total. The summed E-state index contributed by atoms with van der Waals surface area (Å²) in [7, 11) is 3.01. The summed E-state index contributed by atoms with van der Waals surface area (Å²) in [5.74, 6) is 0.949. The zero-order valence-corrected chi connectivity index (χ0v) is 19.9. The summed E-state index contributed by atoms with van der Waals surface area (Å²) in [6.45, 7) is -0.238.